The highest BCUT2D eigenvalue weighted by Gasteiger charge is 2.03. The number of ketones is 1. The topological polar surface area (TPSA) is 65.8 Å². The summed E-state index contributed by atoms with van der Waals surface area (Å²) in [5, 5.41) is 3.19. The Morgan fingerprint density at radius 2 is 2.38 bits per heavy atom. The van der Waals surface area contributed by atoms with E-state index in [-0.39, 0.29) is 12.3 Å². The minimum Gasteiger partial charge on any atom is -0.294 e. The van der Waals surface area contributed by atoms with Crippen LogP contribution in [0.15, 0.2) is 33.9 Å². The molecular formula is C8H6BrN3O. The van der Waals surface area contributed by atoms with Crippen molar-refractivity contribution >= 4 is 21.7 Å². The van der Waals surface area contributed by atoms with Crippen molar-refractivity contribution in [1.82, 2.24) is 0 Å². The number of halogens is 1. The van der Waals surface area contributed by atoms with Crippen molar-refractivity contribution in [3.05, 3.63) is 44.7 Å². The Kier molecular flexibility index (Phi) is 3.49. The first kappa shape index (κ1) is 9.77. The van der Waals surface area contributed by atoms with Gasteiger partial charge in [0.25, 0.3) is 0 Å². The largest absolute Gasteiger partial charge is 0.294 e. The van der Waals surface area contributed by atoms with Crippen molar-refractivity contribution in [2.75, 3.05) is 6.54 Å². The number of azide groups is 1. The molecule has 0 spiro atoms. The second-order valence-corrected chi connectivity index (χ2v) is 3.24. The van der Waals surface area contributed by atoms with E-state index in [9.17, 15) is 4.79 Å². The molecule has 0 amide bonds. The molecule has 5 heteroatoms. The second-order valence-electron chi connectivity index (χ2n) is 2.32. The lowest BCUT2D eigenvalue weighted by Gasteiger charge is -1.96. The quantitative estimate of drug-likeness (QED) is 0.346. The molecule has 13 heavy (non-hydrogen) atoms. The van der Waals surface area contributed by atoms with Gasteiger partial charge in [-0.1, -0.05) is 33.2 Å². The number of hydrogen-bond donors (Lipinski definition) is 0. The number of nitrogens with zero attached hydrogens (tertiary/aromatic N) is 3. The van der Waals surface area contributed by atoms with Crippen LogP contribution in [0.2, 0.25) is 0 Å². The van der Waals surface area contributed by atoms with Gasteiger partial charge in [0.15, 0.2) is 5.78 Å². The fraction of sp³-hybridized carbons (Fsp3) is 0.125. The summed E-state index contributed by atoms with van der Waals surface area (Å²) < 4.78 is 0.833. The molecule has 0 heterocycles. The Labute approximate surface area is 83.3 Å². The fourth-order valence-electron chi connectivity index (χ4n) is 0.849. The molecule has 0 unspecified atom stereocenters. The highest BCUT2D eigenvalue weighted by molar-refractivity contribution is 9.10. The van der Waals surface area contributed by atoms with E-state index in [2.05, 4.69) is 26.0 Å². The summed E-state index contributed by atoms with van der Waals surface area (Å²) in [6.45, 7) is -0.132. The van der Waals surface area contributed by atoms with Crippen molar-refractivity contribution in [3.63, 3.8) is 0 Å². The first-order valence-electron chi connectivity index (χ1n) is 3.53. The third-order valence-corrected chi connectivity index (χ3v) is 1.92. The molecule has 0 aliphatic rings. The predicted molar refractivity (Wildman–Crippen MR) is 52.5 cm³/mol. The van der Waals surface area contributed by atoms with Gasteiger partial charge in [-0.3, -0.25) is 4.79 Å². The van der Waals surface area contributed by atoms with Gasteiger partial charge in [0.2, 0.25) is 0 Å². The lowest BCUT2D eigenvalue weighted by molar-refractivity contribution is 0.100. The average molecular weight is 240 g/mol. The second kappa shape index (κ2) is 4.64. The summed E-state index contributed by atoms with van der Waals surface area (Å²) in [6, 6.07) is 6.95. The molecule has 0 aliphatic carbocycles. The summed E-state index contributed by atoms with van der Waals surface area (Å²) >= 11 is 3.24. The zero-order valence-electron chi connectivity index (χ0n) is 6.64. The summed E-state index contributed by atoms with van der Waals surface area (Å²) in [4.78, 5) is 13.8. The van der Waals surface area contributed by atoms with Crippen LogP contribution in [0.1, 0.15) is 10.4 Å². The van der Waals surface area contributed by atoms with Crippen molar-refractivity contribution in [2.24, 2.45) is 5.11 Å². The number of Topliss-reactive ketones (excluding diaryl/α,β-unsaturated/α-hetero) is 1. The van der Waals surface area contributed by atoms with Gasteiger partial charge in [0.05, 0.1) is 6.54 Å². The number of benzene rings is 1. The lowest BCUT2D eigenvalue weighted by Crippen LogP contribution is -2.01. The molecular weight excluding hydrogens is 234 g/mol. The standard InChI is InChI=1S/C8H6BrN3O/c9-7-3-1-2-6(4-7)8(13)5-11-12-10/h1-4H,5H2. The van der Waals surface area contributed by atoms with Crippen molar-refractivity contribution < 1.29 is 4.79 Å². The summed E-state index contributed by atoms with van der Waals surface area (Å²) in [6.07, 6.45) is 0. The van der Waals surface area contributed by atoms with Crippen LogP contribution in [0, 0.1) is 0 Å². The molecule has 0 saturated heterocycles. The van der Waals surface area contributed by atoms with Gasteiger partial charge in [-0.25, -0.2) is 0 Å². The van der Waals surface area contributed by atoms with E-state index in [0.29, 0.717) is 5.56 Å². The molecule has 1 rings (SSSR count). The van der Waals surface area contributed by atoms with E-state index in [4.69, 9.17) is 5.53 Å². The van der Waals surface area contributed by atoms with Crippen LogP contribution < -0.4 is 0 Å². The van der Waals surface area contributed by atoms with Gasteiger partial charge in [0, 0.05) is 14.9 Å². The normalized spacial score (nSPS) is 9.00. The Balaban J connectivity index is 2.82. The van der Waals surface area contributed by atoms with Crippen LogP contribution in [-0.4, -0.2) is 12.3 Å². The van der Waals surface area contributed by atoms with Crippen LogP contribution in [0.25, 0.3) is 10.4 Å². The van der Waals surface area contributed by atoms with E-state index in [1.54, 1.807) is 18.2 Å². The molecule has 0 fully saturated rings. The zero-order valence-corrected chi connectivity index (χ0v) is 8.23. The number of rotatable bonds is 3. The highest BCUT2D eigenvalue weighted by atomic mass is 79.9. The first-order chi connectivity index (χ1) is 6.24. The van der Waals surface area contributed by atoms with Crippen LogP contribution in [0.5, 0.6) is 0 Å². The monoisotopic (exact) mass is 239 g/mol. The van der Waals surface area contributed by atoms with Crippen LogP contribution in [0.3, 0.4) is 0 Å². The third-order valence-electron chi connectivity index (χ3n) is 1.42. The summed E-state index contributed by atoms with van der Waals surface area (Å²) in [7, 11) is 0. The average Bonchev–Trinajstić information content (AvgIpc) is 2.14. The molecule has 0 saturated carbocycles. The maximum Gasteiger partial charge on any atom is 0.168 e. The van der Waals surface area contributed by atoms with Crippen LogP contribution >= 0.6 is 15.9 Å². The van der Waals surface area contributed by atoms with Gasteiger partial charge in [-0.2, -0.15) is 0 Å². The van der Waals surface area contributed by atoms with Crippen molar-refractivity contribution in [2.45, 2.75) is 0 Å². The molecule has 1 aromatic carbocycles. The molecule has 0 radical (unpaired) electrons. The van der Waals surface area contributed by atoms with E-state index >= 15 is 0 Å². The van der Waals surface area contributed by atoms with Gasteiger partial charge >= 0.3 is 0 Å². The molecule has 0 N–H and O–H groups in total. The number of carbonyl (C=O) groups excluding carboxylic acids is 1. The summed E-state index contributed by atoms with van der Waals surface area (Å²) in [5.41, 5.74) is 8.56. The molecule has 0 bridgehead atoms. The minimum absolute atomic E-state index is 0.132. The molecule has 0 aromatic heterocycles. The van der Waals surface area contributed by atoms with Crippen LogP contribution in [-0.2, 0) is 0 Å². The number of carbonyl (C=O) groups is 1. The first-order valence-corrected chi connectivity index (χ1v) is 4.33. The Morgan fingerprint density at radius 1 is 1.62 bits per heavy atom. The van der Waals surface area contributed by atoms with E-state index < -0.39 is 0 Å². The smallest absolute Gasteiger partial charge is 0.168 e. The zero-order chi connectivity index (χ0) is 9.68. The van der Waals surface area contributed by atoms with Gasteiger partial charge in [-0.15, -0.1) is 0 Å². The van der Waals surface area contributed by atoms with Crippen LogP contribution in [0.4, 0.5) is 0 Å². The maximum atomic E-state index is 11.3. The maximum absolute atomic E-state index is 11.3. The molecule has 0 atom stereocenters. The number of hydrogen-bond acceptors (Lipinski definition) is 2. The van der Waals surface area contributed by atoms with Gasteiger partial charge in [0.1, 0.15) is 0 Å². The van der Waals surface area contributed by atoms with Gasteiger partial charge in [-0.05, 0) is 17.7 Å². The third kappa shape index (κ3) is 2.89. The Morgan fingerprint density at radius 3 is 3.00 bits per heavy atom. The van der Waals surface area contributed by atoms with E-state index in [1.807, 2.05) is 6.07 Å². The van der Waals surface area contributed by atoms with E-state index in [1.165, 1.54) is 0 Å². The molecule has 4 nitrogen and oxygen atoms in total. The van der Waals surface area contributed by atoms with E-state index in [0.717, 1.165) is 4.47 Å². The Bertz CT molecular complexity index is 371. The van der Waals surface area contributed by atoms with Crippen molar-refractivity contribution in [1.29, 1.82) is 0 Å². The van der Waals surface area contributed by atoms with Gasteiger partial charge < -0.3 is 0 Å². The lowest BCUT2D eigenvalue weighted by atomic mass is 10.1. The Hall–Kier alpha value is -1.32. The van der Waals surface area contributed by atoms with Crippen molar-refractivity contribution in [3.8, 4) is 0 Å². The molecule has 1 aromatic rings. The molecule has 0 aliphatic heterocycles. The minimum atomic E-state index is -0.181. The molecule has 66 valence electrons. The SMILES string of the molecule is [N-]=[N+]=NCC(=O)c1cccc(Br)c1. The summed E-state index contributed by atoms with van der Waals surface area (Å²) in [5.74, 6) is -0.181. The fourth-order valence-corrected chi connectivity index (χ4v) is 1.25. The predicted octanol–water partition coefficient (Wildman–Crippen LogP) is 2.94. The highest BCUT2D eigenvalue weighted by Crippen LogP contribution is 2.11.